The number of fused-ring (bicyclic) bond motifs is 1. The zero-order chi connectivity index (χ0) is 18.3. The number of nitrogens with zero attached hydrogens (tertiary/aromatic N) is 2. The second-order valence-electron chi connectivity index (χ2n) is 7.25. The van der Waals surface area contributed by atoms with Gasteiger partial charge in [0.1, 0.15) is 0 Å². The first-order chi connectivity index (χ1) is 12.1. The third-order valence-electron chi connectivity index (χ3n) is 5.42. The molecule has 0 amide bonds. The Morgan fingerprint density at radius 2 is 1.60 bits per heavy atom. The number of unbranched alkanes of at least 4 members (excludes halogenated alkanes) is 3. The van der Waals surface area contributed by atoms with Crippen molar-refractivity contribution in [1.29, 1.82) is 0 Å². The molecule has 140 valence electrons. The van der Waals surface area contributed by atoms with Crippen molar-refractivity contribution < 1.29 is 9.50 Å². The standard InChI is InChI=1S/C8H6FN2O.3C4H9.Sn/c9-6-1-2-7-3-10-8(5-12)11(7)4-6;3*1-3-4-2;/h1,3-4,12H,5H2;3*1,3-4H2,2H3;. The molecule has 1 N–H and O–H groups in total. The zero-order valence-corrected chi connectivity index (χ0v) is 18.9. The minimum atomic E-state index is -2.74. The van der Waals surface area contributed by atoms with Gasteiger partial charge in [0.2, 0.25) is 0 Å². The first-order valence-corrected chi connectivity index (χ1v) is 17.4. The van der Waals surface area contributed by atoms with Crippen LogP contribution >= 0.6 is 0 Å². The summed E-state index contributed by atoms with van der Waals surface area (Å²) >= 11 is -2.74. The number of aliphatic hydroxyl groups is 1. The van der Waals surface area contributed by atoms with E-state index in [1.165, 1.54) is 61.6 Å². The van der Waals surface area contributed by atoms with Gasteiger partial charge in [-0.05, 0) is 0 Å². The second-order valence-corrected chi connectivity index (χ2v) is 20.4. The summed E-state index contributed by atoms with van der Waals surface area (Å²) in [4.78, 5) is 4.35. The van der Waals surface area contributed by atoms with E-state index >= 15 is 0 Å². The van der Waals surface area contributed by atoms with E-state index in [1.54, 1.807) is 4.40 Å². The second kappa shape index (κ2) is 9.91. The molecule has 25 heavy (non-hydrogen) atoms. The fourth-order valence-corrected chi connectivity index (χ4v) is 20.6. The van der Waals surface area contributed by atoms with Gasteiger partial charge in [0.25, 0.3) is 0 Å². The van der Waals surface area contributed by atoms with Gasteiger partial charge in [0, 0.05) is 0 Å². The normalized spacial score (nSPS) is 12.2. The van der Waals surface area contributed by atoms with Gasteiger partial charge < -0.3 is 0 Å². The fourth-order valence-electron chi connectivity index (χ4n) is 3.98. The van der Waals surface area contributed by atoms with Crippen LogP contribution in [0.4, 0.5) is 4.39 Å². The summed E-state index contributed by atoms with van der Waals surface area (Å²) in [5.74, 6) is 0.346. The van der Waals surface area contributed by atoms with Crippen molar-refractivity contribution in [1.82, 2.24) is 9.38 Å². The molecule has 3 nitrogen and oxygen atoms in total. The van der Waals surface area contributed by atoms with E-state index in [2.05, 4.69) is 25.8 Å². The van der Waals surface area contributed by atoms with Crippen LogP contribution in [0.15, 0.2) is 18.5 Å². The molecule has 2 rings (SSSR count). The van der Waals surface area contributed by atoms with Crippen LogP contribution in [0.5, 0.6) is 0 Å². The van der Waals surface area contributed by atoms with Crippen molar-refractivity contribution in [2.45, 2.75) is 79.2 Å². The van der Waals surface area contributed by atoms with Crippen molar-refractivity contribution in [3.63, 3.8) is 0 Å². The molecule has 0 spiro atoms. The molecule has 0 fully saturated rings. The van der Waals surface area contributed by atoms with E-state index in [0.717, 1.165) is 5.52 Å². The van der Waals surface area contributed by atoms with E-state index in [-0.39, 0.29) is 12.4 Å². The Labute approximate surface area is 155 Å². The monoisotopic (exact) mass is 456 g/mol. The summed E-state index contributed by atoms with van der Waals surface area (Å²) in [7, 11) is 0. The molecule has 0 bridgehead atoms. The number of hydrogen-bond acceptors (Lipinski definition) is 2. The van der Waals surface area contributed by atoms with Crippen LogP contribution in [0.1, 0.15) is 65.1 Å². The molecule has 2 heterocycles. The van der Waals surface area contributed by atoms with E-state index in [9.17, 15) is 9.50 Å². The van der Waals surface area contributed by atoms with Crippen LogP contribution in [-0.2, 0) is 6.61 Å². The van der Waals surface area contributed by atoms with Crippen LogP contribution in [0.25, 0.3) is 5.52 Å². The third-order valence-corrected chi connectivity index (χ3v) is 21.1. The molecule has 0 atom stereocenters. The van der Waals surface area contributed by atoms with Gasteiger partial charge in [0.05, 0.1) is 0 Å². The average Bonchev–Trinajstić information content (AvgIpc) is 3.03. The van der Waals surface area contributed by atoms with Gasteiger partial charge in [-0.2, -0.15) is 0 Å². The summed E-state index contributed by atoms with van der Waals surface area (Å²) in [6.45, 7) is 6.60. The van der Waals surface area contributed by atoms with Crippen LogP contribution in [0.3, 0.4) is 0 Å². The number of imidazole rings is 1. The summed E-state index contributed by atoms with van der Waals surface area (Å²) in [6.07, 6.45) is 10.7. The van der Waals surface area contributed by atoms with Gasteiger partial charge in [-0.15, -0.1) is 0 Å². The maximum atomic E-state index is 14.5. The Hall–Kier alpha value is -0.621. The molecule has 0 aromatic carbocycles. The van der Waals surface area contributed by atoms with Crippen LogP contribution < -0.4 is 3.58 Å². The number of hydrogen-bond donors (Lipinski definition) is 1. The fraction of sp³-hybridized carbons (Fsp3) is 0.650. The Kier molecular flexibility index (Phi) is 8.20. The van der Waals surface area contributed by atoms with Crippen molar-refractivity contribution in [3.8, 4) is 0 Å². The molecular formula is C20H33FN2OSn. The summed E-state index contributed by atoms with van der Waals surface area (Å²) in [5.41, 5.74) is 1.05. The van der Waals surface area contributed by atoms with Gasteiger partial charge in [0.15, 0.2) is 0 Å². The number of aliphatic hydroxyl groups excluding tert-OH is 1. The van der Waals surface area contributed by atoms with Crippen molar-refractivity contribution >= 4 is 27.5 Å². The molecule has 0 aliphatic rings. The molecule has 0 unspecified atom stereocenters. The topological polar surface area (TPSA) is 37.5 Å². The van der Waals surface area contributed by atoms with Crippen LogP contribution in [0.2, 0.25) is 13.3 Å². The molecule has 0 radical (unpaired) electrons. The Morgan fingerprint density at radius 3 is 2.08 bits per heavy atom. The molecule has 0 saturated carbocycles. The Bertz CT molecular complexity index is 649. The first-order valence-electron chi connectivity index (χ1n) is 9.88. The van der Waals surface area contributed by atoms with Gasteiger partial charge in [-0.25, -0.2) is 0 Å². The predicted octanol–water partition coefficient (Wildman–Crippen LogP) is 5.02. The van der Waals surface area contributed by atoms with E-state index in [0.29, 0.717) is 5.82 Å². The SMILES string of the molecule is CCC[CH2][Sn]([CH2]CCC)([CH2]CCC)[c]1cc(F)cn2c(CO)ncc12. The number of halogens is 1. The van der Waals surface area contributed by atoms with Crippen molar-refractivity contribution in [3.05, 3.63) is 30.1 Å². The van der Waals surface area contributed by atoms with Crippen molar-refractivity contribution in [2.75, 3.05) is 0 Å². The van der Waals surface area contributed by atoms with E-state index < -0.39 is 18.4 Å². The number of pyridine rings is 1. The average molecular weight is 455 g/mol. The van der Waals surface area contributed by atoms with E-state index in [1.807, 2.05) is 12.3 Å². The maximum absolute atomic E-state index is 14.5. The molecule has 0 saturated heterocycles. The molecular weight excluding hydrogens is 422 g/mol. The first kappa shape index (κ1) is 20.7. The predicted molar refractivity (Wildman–Crippen MR) is 106 cm³/mol. The molecule has 5 heteroatoms. The van der Waals surface area contributed by atoms with Crippen LogP contribution in [-0.4, -0.2) is 32.9 Å². The third kappa shape index (κ3) is 4.76. The van der Waals surface area contributed by atoms with Gasteiger partial charge in [-0.3, -0.25) is 0 Å². The molecule has 0 aliphatic carbocycles. The Balaban J connectivity index is 2.61. The minimum absolute atomic E-state index is 0.154. The van der Waals surface area contributed by atoms with Crippen molar-refractivity contribution in [2.24, 2.45) is 0 Å². The zero-order valence-electron chi connectivity index (χ0n) is 16.0. The number of aromatic nitrogens is 2. The number of rotatable bonds is 11. The summed E-state index contributed by atoms with van der Waals surface area (Å²) < 4.78 is 21.5. The molecule has 2 aromatic rings. The van der Waals surface area contributed by atoms with E-state index in [4.69, 9.17) is 0 Å². The quantitative estimate of drug-likeness (QED) is 0.484. The molecule has 0 aliphatic heterocycles. The van der Waals surface area contributed by atoms with Gasteiger partial charge >= 0.3 is 156 Å². The summed E-state index contributed by atoms with van der Waals surface area (Å²) in [5, 5.41) is 9.54. The van der Waals surface area contributed by atoms with Crippen LogP contribution in [0, 0.1) is 5.82 Å². The van der Waals surface area contributed by atoms with Gasteiger partial charge in [-0.1, -0.05) is 0 Å². The Morgan fingerprint density at radius 1 is 1.04 bits per heavy atom. The summed E-state index contributed by atoms with van der Waals surface area (Å²) in [6, 6.07) is 1.81. The molecule has 2 aromatic heterocycles.